The predicted octanol–water partition coefficient (Wildman–Crippen LogP) is 4.79. The van der Waals surface area contributed by atoms with Gasteiger partial charge in [-0.1, -0.05) is 6.07 Å². The van der Waals surface area contributed by atoms with Crippen molar-refractivity contribution in [1.29, 1.82) is 0 Å². The first-order chi connectivity index (χ1) is 12.9. The van der Waals surface area contributed by atoms with Gasteiger partial charge in [0.15, 0.2) is 0 Å². The van der Waals surface area contributed by atoms with Crippen molar-refractivity contribution in [1.82, 2.24) is 19.3 Å². The Labute approximate surface area is 156 Å². The number of hydrogen-bond donors (Lipinski definition) is 0. The third kappa shape index (κ3) is 2.83. The molecule has 0 unspecified atom stereocenters. The van der Waals surface area contributed by atoms with Gasteiger partial charge in [0.25, 0.3) is 0 Å². The standard InChI is InChI=1S/C21H20N4S/c1-3-18(24(11-1)13-16-7-9-22-10-8-16)21-19-6-5-17(14-25(19)15-23-21)20-4-2-12-26-20/h2,4-10,12,14-15,18H,1,3,11,13H2/t18-/m1/s1. The molecule has 5 heteroatoms. The third-order valence-electron chi connectivity index (χ3n) is 5.18. The van der Waals surface area contributed by atoms with Crippen LogP contribution in [0.5, 0.6) is 0 Å². The molecular weight excluding hydrogens is 340 g/mol. The highest BCUT2D eigenvalue weighted by molar-refractivity contribution is 7.13. The minimum atomic E-state index is 0.390. The lowest BCUT2D eigenvalue weighted by molar-refractivity contribution is 0.246. The lowest BCUT2D eigenvalue weighted by Crippen LogP contribution is -2.23. The lowest BCUT2D eigenvalue weighted by atomic mass is 10.1. The zero-order valence-electron chi connectivity index (χ0n) is 14.5. The summed E-state index contributed by atoms with van der Waals surface area (Å²) in [5.41, 5.74) is 4.98. The van der Waals surface area contributed by atoms with Gasteiger partial charge in [0.05, 0.1) is 23.6 Å². The van der Waals surface area contributed by atoms with E-state index in [4.69, 9.17) is 4.98 Å². The highest BCUT2D eigenvalue weighted by atomic mass is 32.1. The maximum Gasteiger partial charge on any atom is 0.0996 e. The van der Waals surface area contributed by atoms with Crippen molar-refractivity contribution in [3.8, 4) is 10.4 Å². The number of thiophene rings is 1. The summed E-state index contributed by atoms with van der Waals surface area (Å²) in [6, 6.07) is 13.3. The second-order valence-electron chi connectivity index (χ2n) is 6.80. The summed E-state index contributed by atoms with van der Waals surface area (Å²) in [7, 11) is 0. The Morgan fingerprint density at radius 3 is 2.88 bits per heavy atom. The first-order valence-electron chi connectivity index (χ1n) is 9.02. The van der Waals surface area contributed by atoms with Crippen molar-refractivity contribution in [2.24, 2.45) is 0 Å². The third-order valence-corrected chi connectivity index (χ3v) is 6.10. The van der Waals surface area contributed by atoms with Gasteiger partial charge in [-0.25, -0.2) is 4.98 Å². The van der Waals surface area contributed by atoms with Crippen LogP contribution in [0.4, 0.5) is 0 Å². The average Bonchev–Trinajstić information content (AvgIpc) is 3.42. The zero-order chi connectivity index (χ0) is 17.3. The van der Waals surface area contributed by atoms with Crippen LogP contribution >= 0.6 is 11.3 Å². The molecule has 0 spiro atoms. The monoisotopic (exact) mass is 360 g/mol. The van der Waals surface area contributed by atoms with Gasteiger partial charge in [0, 0.05) is 35.6 Å². The quantitative estimate of drug-likeness (QED) is 0.524. The Hall–Kier alpha value is -2.50. The number of aromatic nitrogens is 3. The Kier molecular flexibility index (Phi) is 4.03. The van der Waals surface area contributed by atoms with Gasteiger partial charge in [-0.3, -0.25) is 9.88 Å². The molecule has 0 bridgehead atoms. The van der Waals surface area contributed by atoms with Gasteiger partial charge < -0.3 is 4.40 Å². The van der Waals surface area contributed by atoms with E-state index in [1.165, 1.54) is 40.1 Å². The second kappa shape index (κ2) is 6.67. The molecule has 1 aliphatic heterocycles. The molecule has 1 atom stereocenters. The highest BCUT2D eigenvalue weighted by Gasteiger charge is 2.29. The molecule has 0 saturated carbocycles. The Morgan fingerprint density at radius 1 is 1.12 bits per heavy atom. The molecule has 26 heavy (non-hydrogen) atoms. The number of imidazole rings is 1. The van der Waals surface area contributed by atoms with Crippen LogP contribution in [-0.4, -0.2) is 25.8 Å². The molecule has 0 aliphatic carbocycles. The van der Waals surface area contributed by atoms with E-state index in [1.54, 1.807) is 11.3 Å². The molecule has 130 valence electrons. The van der Waals surface area contributed by atoms with Crippen LogP contribution in [-0.2, 0) is 6.54 Å². The van der Waals surface area contributed by atoms with Crippen LogP contribution in [0.15, 0.2) is 66.7 Å². The smallest absolute Gasteiger partial charge is 0.0996 e. The normalized spacial score (nSPS) is 17.9. The average molecular weight is 360 g/mol. The number of hydrogen-bond acceptors (Lipinski definition) is 4. The van der Waals surface area contributed by atoms with Crippen LogP contribution < -0.4 is 0 Å². The number of rotatable bonds is 4. The fourth-order valence-electron chi connectivity index (χ4n) is 3.91. The molecule has 1 aliphatic rings. The zero-order valence-corrected chi connectivity index (χ0v) is 15.3. The summed E-state index contributed by atoms with van der Waals surface area (Å²) in [6.07, 6.45) is 10.3. The van der Waals surface area contributed by atoms with Crippen LogP contribution in [0.3, 0.4) is 0 Å². The highest BCUT2D eigenvalue weighted by Crippen LogP contribution is 2.35. The molecule has 4 aromatic rings. The molecule has 0 radical (unpaired) electrons. The molecule has 5 rings (SSSR count). The van der Waals surface area contributed by atoms with Gasteiger partial charge in [0.2, 0.25) is 0 Å². The van der Waals surface area contributed by atoms with Gasteiger partial charge in [-0.15, -0.1) is 11.3 Å². The van der Waals surface area contributed by atoms with Crippen molar-refractivity contribution in [2.45, 2.75) is 25.4 Å². The van der Waals surface area contributed by atoms with Crippen LogP contribution in [0, 0.1) is 0 Å². The van der Waals surface area contributed by atoms with Crippen molar-refractivity contribution in [3.05, 3.63) is 78.0 Å². The minimum absolute atomic E-state index is 0.390. The van der Waals surface area contributed by atoms with E-state index in [9.17, 15) is 0 Å². The SMILES string of the molecule is c1csc(-c2ccc3c([C@H]4CCCN4Cc4ccncc4)ncn3c2)c1. The van der Waals surface area contributed by atoms with Crippen LogP contribution in [0.1, 0.15) is 30.1 Å². The second-order valence-corrected chi connectivity index (χ2v) is 7.75. The van der Waals surface area contributed by atoms with E-state index in [0.717, 1.165) is 13.1 Å². The summed E-state index contributed by atoms with van der Waals surface area (Å²) >= 11 is 1.77. The van der Waals surface area contributed by atoms with E-state index < -0.39 is 0 Å². The molecule has 1 fully saturated rings. The molecule has 5 heterocycles. The maximum absolute atomic E-state index is 4.80. The molecular formula is C21H20N4S. The molecule has 1 saturated heterocycles. The Morgan fingerprint density at radius 2 is 2.04 bits per heavy atom. The molecule has 4 nitrogen and oxygen atoms in total. The summed E-state index contributed by atoms with van der Waals surface area (Å²) in [5, 5.41) is 2.12. The molecule has 0 amide bonds. The van der Waals surface area contributed by atoms with Crippen molar-refractivity contribution >= 4 is 16.9 Å². The first-order valence-corrected chi connectivity index (χ1v) is 9.90. The topological polar surface area (TPSA) is 33.4 Å². The number of fused-ring (bicyclic) bond motifs is 1. The van der Waals surface area contributed by atoms with E-state index >= 15 is 0 Å². The Balaban J connectivity index is 1.46. The van der Waals surface area contributed by atoms with Crippen LogP contribution in [0.25, 0.3) is 16.0 Å². The van der Waals surface area contributed by atoms with Gasteiger partial charge in [-0.2, -0.15) is 0 Å². The lowest BCUT2D eigenvalue weighted by Gasteiger charge is -2.23. The van der Waals surface area contributed by atoms with Gasteiger partial charge in [-0.05, 0) is 60.7 Å². The van der Waals surface area contributed by atoms with Crippen molar-refractivity contribution < 1.29 is 0 Å². The first kappa shape index (κ1) is 15.7. The van der Waals surface area contributed by atoms with Crippen LogP contribution in [0.2, 0.25) is 0 Å². The van der Waals surface area contributed by atoms with E-state index in [-0.39, 0.29) is 0 Å². The van der Waals surface area contributed by atoms with Gasteiger partial charge >= 0.3 is 0 Å². The fourth-order valence-corrected chi connectivity index (χ4v) is 4.63. The number of nitrogens with zero attached hydrogens (tertiary/aromatic N) is 4. The summed E-state index contributed by atoms with van der Waals surface area (Å²) in [6.45, 7) is 2.08. The molecule has 0 aromatic carbocycles. The van der Waals surface area contributed by atoms with E-state index in [2.05, 4.69) is 62.3 Å². The number of likely N-dealkylation sites (tertiary alicyclic amines) is 1. The van der Waals surface area contributed by atoms with Crippen molar-refractivity contribution in [2.75, 3.05) is 6.54 Å². The molecule has 0 N–H and O–H groups in total. The van der Waals surface area contributed by atoms with Crippen molar-refractivity contribution in [3.63, 3.8) is 0 Å². The largest absolute Gasteiger partial charge is 0.305 e. The fraction of sp³-hybridized carbons (Fsp3) is 0.238. The Bertz CT molecular complexity index is 1010. The summed E-state index contributed by atoms with van der Waals surface area (Å²) < 4.78 is 2.17. The predicted molar refractivity (Wildman–Crippen MR) is 105 cm³/mol. The van der Waals surface area contributed by atoms with Gasteiger partial charge in [0.1, 0.15) is 0 Å². The molecule has 4 aromatic heterocycles. The maximum atomic E-state index is 4.80. The van der Waals surface area contributed by atoms with E-state index in [1.807, 2.05) is 18.7 Å². The summed E-state index contributed by atoms with van der Waals surface area (Å²) in [5.74, 6) is 0. The van der Waals surface area contributed by atoms with E-state index in [0.29, 0.717) is 6.04 Å². The minimum Gasteiger partial charge on any atom is -0.305 e. The summed E-state index contributed by atoms with van der Waals surface area (Å²) in [4.78, 5) is 12.8. The number of pyridine rings is 2.